The molecule has 30 heavy (non-hydrogen) atoms. The number of halogens is 3. The van der Waals surface area contributed by atoms with Gasteiger partial charge in [-0.1, -0.05) is 0 Å². The Labute approximate surface area is 170 Å². The van der Waals surface area contributed by atoms with Gasteiger partial charge in [-0.15, -0.1) is 10.2 Å². The lowest BCUT2D eigenvalue weighted by atomic mass is 10.0. The van der Waals surface area contributed by atoms with Gasteiger partial charge in [-0.3, -0.25) is 9.78 Å². The lowest BCUT2D eigenvalue weighted by Crippen LogP contribution is -2.31. The molecule has 0 atom stereocenters. The highest BCUT2D eigenvalue weighted by atomic mass is 19.4. The van der Waals surface area contributed by atoms with Crippen molar-refractivity contribution in [3.05, 3.63) is 42.2 Å². The fourth-order valence-electron chi connectivity index (χ4n) is 3.06. The summed E-state index contributed by atoms with van der Waals surface area (Å²) in [5, 5.41) is 18.6. The maximum atomic E-state index is 12.6. The van der Waals surface area contributed by atoms with Gasteiger partial charge in [-0.25, -0.2) is 0 Å². The first-order chi connectivity index (χ1) is 14.2. The molecule has 7 nitrogen and oxygen atoms in total. The number of hydrogen-bond donors (Lipinski definition) is 2. The highest BCUT2D eigenvalue weighted by Gasteiger charge is 2.31. The number of phenols is 1. The largest absolute Gasteiger partial charge is 0.507 e. The lowest BCUT2D eigenvalue weighted by Gasteiger charge is -2.21. The van der Waals surface area contributed by atoms with Crippen molar-refractivity contribution in [3.8, 4) is 17.0 Å². The topological polar surface area (TPSA) is 105 Å². The number of aromatic hydroxyl groups is 1. The number of amides is 1. The van der Waals surface area contributed by atoms with Crippen LogP contribution >= 0.6 is 0 Å². The molecule has 0 aliphatic carbocycles. The van der Waals surface area contributed by atoms with Crippen molar-refractivity contribution in [2.24, 2.45) is 0 Å². The molecule has 2 aromatic heterocycles. The second-order valence-corrected chi connectivity index (χ2v) is 6.86. The summed E-state index contributed by atoms with van der Waals surface area (Å²) in [5.74, 6) is -0.0819. The quantitative estimate of drug-likeness (QED) is 0.624. The number of carbonyl (C=O) groups is 1. The van der Waals surface area contributed by atoms with Gasteiger partial charge in [-0.2, -0.15) is 13.2 Å². The molecule has 158 valence electrons. The Morgan fingerprint density at radius 3 is 2.50 bits per heavy atom. The Hall–Kier alpha value is -3.43. The zero-order chi connectivity index (χ0) is 21.9. The van der Waals surface area contributed by atoms with E-state index in [4.69, 9.17) is 5.73 Å². The van der Waals surface area contributed by atoms with Gasteiger partial charge in [0, 0.05) is 48.7 Å². The van der Waals surface area contributed by atoms with E-state index in [0.717, 1.165) is 31.5 Å². The lowest BCUT2D eigenvalue weighted by molar-refractivity contribution is -0.137. The molecular weight excluding hydrogens is 399 g/mol. The van der Waals surface area contributed by atoms with Gasteiger partial charge < -0.3 is 15.7 Å². The zero-order valence-corrected chi connectivity index (χ0v) is 16.1. The number of pyridine rings is 1. The fraction of sp³-hybridized carbons (Fsp3) is 0.300. The SMILES string of the molecule is CN1CCCCC1=O.Nc1nnc(-c2ccc(C(F)(F)F)cc2O)c2ccncc12. The monoisotopic (exact) mass is 419 g/mol. The number of nitrogens with two attached hydrogens (primary N) is 1. The van der Waals surface area contributed by atoms with Crippen LogP contribution in [0.4, 0.5) is 19.0 Å². The van der Waals surface area contributed by atoms with Crippen LogP contribution in [0.2, 0.25) is 0 Å². The summed E-state index contributed by atoms with van der Waals surface area (Å²) in [6, 6.07) is 4.28. The smallest absolute Gasteiger partial charge is 0.416 e. The van der Waals surface area contributed by atoms with Crippen LogP contribution in [0.3, 0.4) is 0 Å². The van der Waals surface area contributed by atoms with Gasteiger partial charge in [0.1, 0.15) is 11.4 Å². The number of likely N-dealkylation sites (tertiary alicyclic amines) is 1. The number of benzene rings is 1. The minimum Gasteiger partial charge on any atom is -0.507 e. The molecule has 0 unspecified atom stereocenters. The van der Waals surface area contributed by atoms with E-state index in [9.17, 15) is 23.1 Å². The number of alkyl halides is 3. The summed E-state index contributed by atoms with van der Waals surface area (Å²) in [7, 11) is 1.86. The summed E-state index contributed by atoms with van der Waals surface area (Å²) >= 11 is 0. The van der Waals surface area contributed by atoms with Crippen LogP contribution in [0, 0.1) is 0 Å². The number of aromatic nitrogens is 3. The Morgan fingerprint density at radius 1 is 1.13 bits per heavy atom. The van der Waals surface area contributed by atoms with E-state index in [1.165, 1.54) is 18.8 Å². The van der Waals surface area contributed by atoms with Gasteiger partial charge in [0.05, 0.1) is 5.56 Å². The Balaban J connectivity index is 0.000000269. The van der Waals surface area contributed by atoms with Crippen LogP contribution in [-0.4, -0.2) is 44.7 Å². The predicted octanol–water partition coefficient (Wildman–Crippen LogP) is 3.63. The fourth-order valence-corrected chi connectivity index (χ4v) is 3.06. The maximum Gasteiger partial charge on any atom is 0.416 e. The first-order valence-corrected chi connectivity index (χ1v) is 9.19. The first-order valence-electron chi connectivity index (χ1n) is 9.19. The molecule has 3 N–H and O–H groups in total. The van der Waals surface area contributed by atoms with E-state index in [1.807, 2.05) is 7.05 Å². The Kier molecular flexibility index (Phi) is 6.04. The minimum atomic E-state index is -4.53. The summed E-state index contributed by atoms with van der Waals surface area (Å²) in [4.78, 5) is 16.4. The molecule has 1 aromatic carbocycles. The van der Waals surface area contributed by atoms with Crippen molar-refractivity contribution in [3.63, 3.8) is 0 Å². The van der Waals surface area contributed by atoms with Crippen LogP contribution in [0.25, 0.3) is 22.0 Å². The standard InChI is InChI=1S/C14H9F3N4O.C6H11NO/c15-14(16,17)7-1-2-9(11(22)5-7)12-8-3-4-19-6-10(8)13(18)21-20-12;1-7-5-3-2-4-6(7)8/h1-6,22H,(H2,18,21);2-5H2,1H3. The van der Waals surface area contributed by atoms with Crippen molar-refractivity contribution in [2.45, 2.75) is 25.4 Å². The first kappa shape index (κ1) is 21.3. The van der Waals surface area contributed by atoms with E-state index in [1.54, 1.807) is 11.0 Å². The van der Waals surface area contributed by atoms with Crippen molar-refractivity contribution in [2.75, 3.05) is 19.3 Å². The molecule has 1 fully saturated rings. The zero-order valence-electron chi connectivity index (χ0n) is 16.1. The van der Waals surface area contributed by atoms with Crippen molar-refractivity contribution in [1.82, 2.24) is 20.1 Å². The maximum absolute atomic E-state index is 12.6. The molecule has 1 aliphatic rings. The number of anilines is 1. The molecule has 1 saturated heterocycles. The van der Waals surface area contributed by atoms with Crippen LogP contribution in [0.5, 0.6) is 5.75 Å². The molecule has 0 saturated carbocycles. The summed E-state index contributed by atoms with van der Waals surface area (Å²) in [5.41, 5.74) is 5.13. The third-order valence-corrected chi connectivity index (χ3v) is 4.75. The van der Waals surface area contributed by atoms with Crippen LogP contribution < -0.4 is 5.73 Å². The van der Waals surface area contributed by atoms with Crippen molar-refractivity contribution in [1.29, 1.82) is 0 Å². The highest BCUT2D eigenvalue weighted by Crippen LogP contribution is 2.38. The molecular formula is C20H20F3N5O2. The molecule has 1 aliphatic heterocycles. The van der Waals surface area contributed by atoms with Gasteiger partial charge in [-0.05, 0) is 37.1 Å². The Morgan fingerprint density at radius 2 is 1.90 bits per heavy atom. The molecule has 0 radical (unpaired) electrons. The molecule has 4 rings (SSSR count). The summed E-state index contributed by atoms with van der Waals surface area (Å²) in [6.07, 6.45) is 1.47. The van der Waals surface area contributed by atoms with E-state index < -0.39 is 17.5 Å². The number of piperidine rings is 1. The molecule has 10 heteroatoms. The summed E-state index contributed by atoms with van der Waals surface area (Å²) in [6.45, 7) is 0.957. The number of hydrogen-bond acceptors (Lipinski definition) is 6. The number of rotatable bonds is 1. The molecule has 0 bridgehead atoms. The van der Waals surface area contributed by atoms with E-state index in [0.29, 0.717) is 22.7 Å². The van der Waals surface area contributed by atoms with Crippen molar-refractivity contribution >= 4 is 22.5 Å². The number of nitrogens with zero attached hydrogens (tertiary/aromatic N) is 4. The average Bonchev–Trinajstić information content (AvgIpc) is 2.71. The molecule has 3 heterocycles. The third-order valence-electron chi connectivity index (χ3n) is 4.75. The second-order valence-electron chi connectivity index (χ2n) is 6.86. The number of phenolic OH excluding ortho intramolecular Hbond substituents is 1. The molecule has 0 spiro atoms. The number of carbonyl (C=O) groups excluding carboxylic acids is 1. The van der Waals surface area contributed by atoms with E-state index >= 15 is 0 Å². The second kappa shape index (κ2) is 8.52. The van der Waals surface area contributed by atoms with Gasteiger partial charge in [0.15, 0.2) is 5.82 Å². The van der Waals surface area contributed by atoms with Crippen LogP contribution in [0.15, 0.2) is 36.7 Å². The highest BCUT2D eigenvalue weighted by molar-refractivity contribution is 5.99. The normalized spacial score (nSPS) is 14.4. The number of nitrogen functional groups attached to an aromatic ring is 1. The Bertz CT molecular complexity index is 1070. The van der Waals surface area contributed by atoms with E-state index in [-0.39, 0.29) is 17.1 Å². The molecule has 3 aromatic rings. The molecule has 1 amide bonds. The predicted molar refractivity (Wildman–Crippen MR) is 105 cm³/mol. The van der Waals surface area contributed by atoms with Crippen molar-refractivity contribution < 1.29 is 23.1 Å². The van der Waals surface area contributed by atoms with Gasteiger partial charge in [0.25, 0.3) is 0 Å². The van der Waals surface area contributed by atoms with Crippen LogP contribution in [0.1, 0.15) is 24.8 Å². The minimum absolute atomic E-state index is 0.136. The van der Waals surface area contributed by atoms with Gasteiger partial charge >= 0.3 is 6.18 Å². The summed E-state index contributed by atoms with van der Waals surface area (Å²) < 4.78 is 37.9. The average molecular weight is 419 g/mol. The number of fused-ring (bicyclic) bond motifs is 1. The van der Waals surface area contributed by atoms with E-state index in [2.05, 4.69) is 15.2 Å². The van der Waals surface area contributed by atoms with Gasteiger partial charge in [0.2, 0.25) is 5.91 Å². The van der Waals surface area contributed by atoms with Crippen LogP contribution in [-0.2, 0) is 11.0 Å². The third kappa shape index (κ3) is 4.58.